The highest BCUT2D eigenvalue weighted by molar-refractivity contribution is 4.79. The van der Waals surface area contributed by atoms with E-state index in [-0.39, 0.29) is 12.1 Å². The number of rotatable bonds is 4. The summed E-state index contributed by atoms with van der Waals surface area (Å²) in [6, 6.07) is 0.153. The van der Waals surface area contributed by atoms with Crippen LogP contribution in [-0.4, -0.2) is 29.5 Å². The van der Waals surface area contributed by atoms with E-state index in [9.17, 15) is 5.11 Å². The number of ether oxygens (including phenoxy) is 1. The fourth-order valence-electron chi connectivity index (χ4n) is 1.90. The molecule has 0 aromatic heterocycles. The van der Waals surface area contributed by atoms with Crippen molar-refractivity contribution in [3.8, 4) is 0 Å². The van der Waals surface area contributed by atoms with Gasteiger partial charge in [0.05, 0.1) is 18.3 Å². The van der Waals surface area contributed by atoms with Crippen molar-refractivity contribution < 1.29 is 9.84 Å². The minimum atomic E-state index is -0.702. The molecule has 3 atom stereocenters. The molecule has 1 aliphatic carbocycles. The van der Waals surface area contributed by atoms with Gasteiger partial charge in [-0.2, -0.15) is 0 Å². The molecule has 0 radical (unpaired) electrons. The number of nitrogens with two attached hydrogens (primary N) is 1. The summed E-state index contributed by atoms with van der Waals surface area (Å²) in [6.07, 6.45) is 6.63. The first-order chi connectivity index (χ1) is 7.05. The van der Waals surface area contributed by atoms with Crippen LogP contribution >= 0.6 is 0 Å². The highest BCUT2D eigenvalue weighted by Gasteiger charge is 2.25. The van der Waals surface area contributed by atoms with E-state index in [0.29, 0.717) is 6.61 Å². The third-order valence-corrected chi connectivity index (χ3v) is 3.37. The van der Waals surface area contributed by atoms with E-state index in [0.717, 1.165) is 19.3 Å². The third kappa shape index (κ3) is 4.49. The Morgan fingerprint density at radius 1 is 1.33 bits per heavy atom. The second-order valence-corrected chi connectivity index (χ2v) is 5.00. The molecule has 0 bridgehead atoms. The second-order valence-electron chi connectivity index (χ2n) is 5.00. The highest BCUT2D eigenvalue weighted by Crippen LogP contribution is 2.21. The highest BCUT2D eigenvalue weighted by atomic mass is 16.5. The smallest absolute Gasteiger partial charge is 0.0849 e. The van der Waals surface area contributed by atoms with Crippen LogP contribution < -0.4 is 5.73 Å². The molecule has 3 unspecified atom stereocenters. The molecule has 3 heteroatoms. The van der Waals surface area contributed by atoms with E-state index >= 15 is 0 Å². The Hall–Kier alpha value is -0.120. The molecule has 0 heterocycles. The standard InChI is InChI=1S/C12H25NO2/c1-3-12(2,14)9-15-11-8-6-4-5-7-10(11)13/h10-11,14H,3-9,13H2,1-2H3. The van der Waals surface area contributed by atoms with E-state index in [2.05, 4.69) is 0 Å². The molecular weight excluding hydrogens is 190 g/mol. The van der Waals surface area contributed by atoms with Gasteiger partial charge in [0, 0.05) is 6.04 Å². The molecule has 0 saturated heterocycles. The van der Waals surface area contributed by atoms with Crippen LogP contribution in [0.1, 0.15) is 52.4 Å². The number of aliphatic hydroxyl groups is 1. The van der Waals surface area contributed by atoms with E-state index in [1.54, 1.807) is 0 Å². The zero-order valence-electron chi connectivity index (χ0n) is 10.0. The normalized spacial score (nSPS) is 32.0. The maximum absolute atomic E-state index is 9.84. The summed E-state index contributed by atoms with van der Waals surface area (Å²) in [4.78, 5) is 0. The first kappa shape index (κ1) is 12.9. The van der Waals surface area contributed by atoms with Gasteiger partial charge in [-0.15, -0.1) is 0 Å². The average molecular weight is 215 g/mol. The molecule has 0 spiro atoms. The molecule has 1 saturated carbocycles. The maximum Gasteiger partial charge on any atom is 0.0849 e. The largest absolute Gasteiger partial charge is 0.388 e. The predicted octanol–water partition coefficient (Wildman–Crippen LogP) is 1.82. The van der Waals surface area contributed by atoms with Crippen molar-refractivity contribution in [1.29, 1.82) is 0 Å². The third-order valence-electron chi connectivity index (χ3n) is 3.37. The lowest BCUT2D eigenvalue weighted by molar-refractivity contribution is -0.0722. The SMILES string of the molecule is CCC(C)(O)COC1CCCCCC1N. The summed E-state index contributed by atoms with van der Waals surface area (Å²) in [6.45, 7) is 4.19. The van der Waals surface area contributed by atoms with Crippen molar-refractivity contribution >= 4 is 0 Å². The minimum absolute atomic E-state index is 0.144. The van der Waals surface area contributed by atoms with E-state index < -0.39 is 5.60 Å². The molecule has 1 rings (SSSR count). The monoisotopic (exact) mass is 215 g/mol. The van der Waals surface area contributed by atoms with Crippen LogP contribution in [0.3, 0.4) is 0 Å². The average Bonchev–Trinajstić information content (AvgIpc) is 2.40. The van der Waals surface area contributed by atoms with Crippen molar-refractivity contribution in [2.24, 2.45) is 5.73 Å². The topological polar surface area (TPSA) is 55.5 Å². The van der Waals surface area contributed by atoms with E-state index in [1.165, 1.54) is 19.3 Å². The summed E-state index contributed by atoms with van der Waals surface area (Å²) < 4.78 is 5.76. The maximum atomic E-state index is 9.84. The molecule has 1 aliphatic rings. The van der Waals surface area contributed by atoms with Crippen LogP contribution in [0.5, 0.6) is 0 Å². The molecule has 15 heavy (non-hydrogen) atoms. The zero-order chi connectivity index (χ0) is 11.3. The molecule has 0 aromatic carbocycles. The molecule has 1 fully saturated rings. The van der Waals surface area contributed by atoms with Crippen molar-refractivity contribution in [1.82, 2.24) is 0 Å². The first-order valence-corrected chi connectivity index (χ1v) is 6.15. The molecule has 3 N–H and O–H groups in total. The minimum Gasteiger partial charge on any atom is -0.388 e. The summed E-state index contributed by atoms with van der Waals surface area (Å²) in [7, 11) is 0. The van der Waals surface area contributed by atoms with Gasteiger partial charge in [0.2, 0.25) is 0 Å². The van der Waals surface area contributed by atoms with Gasteiger partial charge in [-0.1, -0.05) is 26.2 Å². The van der Waals surface area contributed by atoms with Gasteiger partial charge < -0.3 is 15.6 Å². The van der Waals surface area contributed by atoms with Crippen LogP contribution in [0.4, 0.5) is 0 Å². The fraction of sp³-hybridized carbons (Fsp3) is 1.00. The van der Waals surface area contributed by atoms with Gasteiger partial charge in [0.15, 0.2) is 0 Å². The summed E-state index contributed by atoms with van der Waals surface area (Å²) in [5, 5.41) is 9.84. The fourth-order valence-corrected chi connectivity index (χ4v) is 1.90. The van der Waals surface area contributed by atoms with E-state index in [4.69, 9.17) is 10.5 Å². The van der Waals surface area contributed by atoms with Crippen molar-refractivity contribution in [3.05, 3.63) is 0 Å². The lowest BCUT2D eigenvalue weighted by Gasteiger charge is -2.27. The predicted molar refractivity (Wildman–Crippen MR) is 61.7 cm³/mol. The summed E-state index contributed by atoms with van der Waals surface area (Å²) >= 11 is 0. The molecule has 3 nitrogen and oxygen atoms in total. The number of hydrogen-bond acceptors (Lipinski definition) is 3. The molecular formula is C12H25NO2. The Morgan fingerprint density at radius 3 is 2.67 bits per heavy atom. The van der Waals surface area contributed by atoms with Crippen molar-refractivity contribution in [2.45, 2.75) is 70.1 Å². The quantitative estimate of drug-likeness (QED) is 0.703. The Balaban J connectivity index is 2.35. The summed E-state index contributed by atoms with van der Waals surface area (Å²) in [5.74, 6) is 0. The zero-order valence-corrected chi connectivity index (χ0v) is 10.0. The molecule has 90 valence electrons. The molecule has 0 aliphatic heterocycles. The molecule has 0 aromatic rings. The van der Waals surface area contributed by atoms with Crippen molar-refractivity contribution in [2.75, 3.05) is 6.61 Å². The lowest BCUT2D eigenvalue weighted by Crippen LogP contribution is -2.40. The first-order valence-electron chi connectivity index (χ1n) is 6.15. The van der Waals surface area contributed by atoms with Crippen LogP contribution in [0.25, 0.3) is 0 Å². The Bertz CT molecular complexity index is 182. The van der Waals surface area contributed by atoms with Crippen LogP contribution in [-0.2, 0) is 4.74 Å². The van der Waals surface area contributed by atoms with E-state index in [1.807, 2.05) is 13.8 Å². The van der Waals surface area contributed by atoms with Gasteiger partial charge in [0.1, 0.15) is 0 Å². The van der Waals surface area contributed by atoms with Gasteiger partial charge in [-0.25, -0.2) is 0 Å². The Morgan fingerprint density at radius 2 is 2.00 bits per heavy atom. The Kier molecular flexibility index (Phi) is 5.03. The van der Waals surface area contributed by atoms with Gasteiger partial charge in [0.25, 0.3) is 0 Å². The van der Waals surface area contributed by atoms with Crippen LogP contribution in [0.2, 0.25) is 0 Å². The van der Waals surface area contributed by atoms with Crippen LogP contribution in [0.15, 0.2) is 0 Å². The van der Waals surface area contributed by atoms with Gasteiger partial charge in [-0.05, 0) is 26.2 Å². The Labute approximate surface area is 93.0 Å². The van der Waals surface area contributed by atoms with Crippen LogP contribution in [0, 0.1) is 0 Å². The number of hydrogen-bond donors (Lipinski definition) is 2. The van der Waals surface area contributed by atoms with Gasteiger partial charge >= 0.3 is 0 Å². The van der Waals surface area contributed by atoms with Crippen molar-refractivity contribution in [3.63, 3.8) is 0 Å². The lowest BCUT2D eigenvalue weighted by atomic mass is 10.0. The van der Waals surface area contributed by atoms with Gasteiger partial charge in [-0.3, -0.25) is 0 Å². The molecule has 0 amide bonds. The second kappa shape index (κ2) is 5.83. The summed E-state index contributed by atoms with van der Waals surface area (Å²) in [5.41, 5.74) is 5.34.